The Morgan fingerprint density at radius 3 is 2.45 bits per heavy atom. The van der Waals surface area contributed by atoms with E-state index in [1.165, 1.54) is 0 Å². The summed E-state index contributed by atoms with van der Waals surface area (Å²) in [6, 6.07) is 1.26. The SMILES string of the molecule is O=c1c(Cl)c[nH]cc1NS(=O)(=O)c1ccc(C(F)(F)F)nc1. The van der Waals surface area contributed by atoms with Crippen LogP contribution in [0.4, 0.5) is 18.9 Å². The maximum Gasteiger partial charge on any atom is 0.433 e. The molecule has 0 saturated heterocycles. The van der Waals surface area contributed by atoms with Crippen molar-refractivity contribution in [2.24, 2.45) is 0 Å². The Bertz CT molecular complexity index is 847. The lowest BCUT2D eigenvalue weighted by atomic mass is 10.3. The number of hydrogen-bond donors (Lipinski definition) is 2. The monoisotopic (exact) mass is 353 g/mol. The average Bonchev–Trinajstić information content (AvgIpc) is 2.43. The van der Waals surface area contributed by atoms with Crippen molar-refractivity contribution < 1.29 is 21.6 Å². The summed E-state index contributed by atoms with van der Waals surface area (Å²) >= 11 is 5.54. The van der Waals surface area contributed by atoms with Gasteiger partial charge in [-0.1, -0.05) is 11.6 Å². The lowest BCUT2D eigenvalue weighted by Crippen LogP contribution is -2.20. The number of aromatic amines is 1. The predicted molar refractivity (Wildman–Crippen MR) is 72.1 cm³/mol. The van der Waals surface area contributed by atoms with E-state index < -0.39 is 32.2 Å². The Balaban J connectivity index is 2.35. The lowest BCUT2D eigenvalue weighted by Gasteiger charge is -2.09. The number of nitrogens with one attached hydrogen (secondary N) is 2. The minimum atomic E-state index is -4.68. The van der Waals surface area contributed by atoms with Crippen LogP contribution in [0.15, 0.2) is 40.4 Å². The number of alkyl halides is 3. The summed E-state index contributed by atoms with van der Waals surface area (Å²) in [7, 11) is -4.27. The topological polar surface area (TPSA) is 91.9 Å². The largest absolute Gasteiger partial charge is 0.433 e. The molecule has 0 fully saturated rings. The van der Waals surface area contributed by atoms with Gasteiger partial charge >= 0.3 is 6.18 Å². The van der Waals surface area contributed by atoms with Crippen LogP contribution in [-0.2, 0) is 16.2 Å². The normalized spacial score (nSPS) is 12.2. The molecule has 2 heterocycles. The van der Waals surface area contributed by atoms with E-state index in [-0.39, 0.29) is 10.7 Å². The van der Waals surface area contributed by atoms with Gasteiger partial charge in [-0.15, -0.1) is 0 Å². The van der Waals surface area contributed by atoms with Crippen LogP contribution in [0.3, 0.4) is 0 Å². The van der Waals surface area contributed by atoms with Crippen LogP contribution in [0.5, 0.6) is 0 Å². The first-order chi connectivity index (χ1) is 10.1. The van der Waals surface area contributed by atoms with E-state index >= 15 is 0 Å². The molecule has 118 valence electrons. The van der Waals surface area contributed by atoms with Gasteiger partial charge in [0.15, 0.2) is 0 Å². The van der Waals surface area contributed by atoms with Gasteiger partial charge < -0.3 is 4.98 Å². The van der Waals surface area contributed by atoms with Crippen molar-refractivity contribution in [2.45, 2.75) is 11.1 Å². The molecule has 2 N–H and O–H groups in total. The second-order valence-electron chi connectivity index (χ2n) is 4.03. The molecule has 0 unspecified atom stereocenters. The fourth-order valence-electron chi connectivity index (χ4n) is 1.44. The van der Waals surface area contributed by atoms with Crippen molar-refractivity contribution in [3.8, 4) is 0 Å². The molecule has 0 radical (unpaired) electrons. The molecule has 2 rings (SSSR count). The van der Waals surface area contributed by atoms with Crippen LogP contribution in [0, 0.1) is 0 Å². The van der Waals surface area contributed by atoms with Crippen molar-refractivity contribution in [2.75, 3.05) is 4.72 Å². The first kappa shape index (κ1) is 16.3. The number of halogens is 4. The number of nitrogens with zero attached hydrogens (tertiary/aromatic N) is 1. The highest BCUT2D eigenvalue weighted by atomic mass is 35.5. The first-order valence-electron chi connectivity index (χ1n) is 5.54. The van der Waals surface area contributed by atoms with Crippen LogP contribution in [0.25, 0.3) is 0 Å². The van der Waals surface area contributed by atoms with Gasteiger partial charge in [-0.25, -0.2) is 8.42 Å². The van der Waals surface area contributed by atoms with Gasteiger partial charge in [0.05, 0.1) is 0 Å². The van der Waals surface area contributed by atoms with Crippen LogP contribution < -0.4 is 10.2 Å². The zero-order valence-corrected chi connectivity index (χ0v) is 12.1. The zero-order chi connectivity index (χ0) is 16.5. The van der Waals surface area contributed by atoms with Gasteiger partial charge in [-0.3, -0.25) is 14.5 Å². The second-order valence-corrected chi connectivity index (χ2v) is 6.12. The quantitative estimate of drug-likeness (QED) is 0.885. The van der Waals surface area contributed by atoms with E-state index in [4.69, 9.17) is 11.6 Å². The maximum atomic E-state index is 12.4. The molecule has 0 aliphatic carbocycles. The zero-order valence-electron chi connectivity index (χ0n) is 10.5. The minimum absolute atomic E-state index is 0.245. The highest BCUT2D eigenvalue weighted by Gasteiger charge is 2.32. The van der Waals surface area contributed by atoms with Crippen molar-refractivity contribution in [1.82, 2.24) is 9.97 Å². The van der Waals surface area contributed by atoms with Crippen LogP contribution in [-0.4, -0.2) is 18.4 Å². The van der Waals surface area contributed by atoms with Crippen molar-refractivity contribution in [1.29, 1.82) is 0 Å². The molecule has 0 amide bonds. The molecule has 0 aliphatic heterocycles. The molecule has 0 bridgehead atoms. The van der Waals surface area contributed by atoms with Gasteiger partial charge in [0.1, 0.15) is 21.3 Å². The molecule has 0 atom stereocenters. The fraction of sp³-hybridized carbons (Fsp3) is 0.0909. The van der Waals surface area contributed by atoms with Gasteiger partial charge in [-0.05, 0) is 12.1 Å². The predicted octanol–water partition coefficient (Wildman–Crippen LogP) is 2.24. The van der Waals surface area contributed by atoms with E-state index in [1.54, 1.807) is 0 Å². The highest BCUT2D eigenvalue weighted by Crippen LogP contribution is 2.27. The van der Waals surface area contributed by atoms with E-state index in [0.29, 0.717) is 12.3 Å². The Hall–Kier alpha value is -2.07. The summed E-state index contributed by atoms with van der Waals surface area (Å²) in [4.78, 5) is 16.6. The van der Waals surface area contributed by atoms with Gasteiger partial charge in [0, 0.05) is 18.6 Å². The molecule has 0 saturated carbocycles. The summed E-state index contributed by atoms with van der Waals surface area (Å²) in [5, 5.41) is -0.245. The van der Waals surface area contributed by atoms with Crippen molar-refractivity contribution >= 4 is 27.3 Å². The maximum absolute atomic E-state index is 12.4. The average molecular weight is 354 g/mol. The second kappa shape index (κ2) is 5.61. The number of H-pyrrole nitrogens is 1. The molecular formula is C11H7ClF3N3O3S. The summed E-state index contributed by atoms with van der Waals surface area (Å²) < 4.78 is 63.0. The Kier molecular flexibility index (Phi) is 4.16. The Labute approximate surface area is 127 Å². The van der Waals surface area contributed by atoms with Crippen molar-refractivity contribution in [3.63, 3.8) is 0 Å². The number of aromatic nitrogens is 2. The van der Waals surface area contributed by atoms with E-state index in [9.17, 15) is 26.4 Å². The van der Waals surface area contributed by atoms with Gasteiger partial charge in [0.2, 0.25) is 5.43 Å². The van der Waals surface area contributed by atoms with E-state index in [2.05, 4.69) is 9.97 Å². The third-order valence-corrected chi connectivity index (χ3v) is 4.11. The minimum Gasteiger partial charge on any atom is -0.364 e. The van der Waals surface area contributed by atoms with E-state index in [1.807, 2.05) is 4.72 Å². The molecule has 22 heavy (non-hydrogen) atoms. The van der Waals surface area contributed by atoms with Crippen LogP contribution >= 0.6 is 11.6 Å². The number of hydrogen-bond acceptors (Lipinski definition) is 4. The van der Waals surface area contributed by atoms with Crippen LogP contribution in [0.1, 0.15) is 5.69 Å². The fourth-order valence-corrected chi connectivity index (χ4v) is 2.61. The molecular weight excluding hydrogens is 347 g/mol. The smallest absolute Gasteiger partial charge is 0.364 e. The molecule has 11 heteroatoms. The third-order valence-electron chi connectivity index (χ3n) is 2.48. The van der Waals surface area contributed by atoms with Gasteiger partial charge in [0.25, 0.3) is 10.0 Å². The molecule has 0 spiro atoms. The summed E-state index contributed by atoms with van der Waals surface area (Å²) in [6.07, 6.45) is -1.92. The highest BCUT2D eigenvalue weighted by molar-refractivity contribution is 7.92. The van der Waals surface area contributed by atoms with Crippen molar-refractivity contribution in [3.05, 3.63) is 51.7 Å². The molecule has 0 aromatic carbocycles. The molecule has 2 aromatic rings. The van der Waals surface area contributed by atoms with Crippen LogP contribution in [0.2, 0.25) is 5.02 Å². The lowest BCUT2D eigenvalue weighted by molar-refractivity contribution is -0.141. The Morgan fingerprint density at radius 1 is 1.23 bits per heavy atom. The van der Waals surface area contributed by atoms with Gasteiger partial charge in [-0.2, -0.15) is 13.2 Å². The third kappa shape index (κ3) is 3.39. The molecule has 2 aromatic heterocycles. The number of anilines is 1. The number of sulfonamides is 1. The summed E-state index contributed by atoms with van der Waals surface area (Å²) in [6.45, 7) is 0. The standard InChI is InChI=1S/C11H7ClF3N3O3S/c12-7-4-16-5-8(10(7)19)18-22(20,21)6-1-2-9(17-3-6)11(13,14)15/h1-5,18H,(H,16,19). The van der Waals surface area contributed by atoms with E-state index in [0.717, 1.165) is 18.5 Å². The number of pyridine rings is 2. The Morgan fingerprint density at radius 2 is 1.91 bits per heavy atom. The summed E-state index contributed by atoms with van der Waals surface area (Å²) in [5.74, 6) is 0. The molecule has 0 aliphatic rings. The molecule has 6 nitrogen and oxygen atoms in total. The summed E-state index contributed by atoms with van der Waals surface area (Å²) in [5.41, 5.74) is -2.37. The number of rotatable bonds is 3. The first-order valence-corrected chi connectivity index (χ1v) is 7.40.